The molecule has 1 aliphatic heterocycles. The zero-order valence-electron chi connectivity index (χ0n) is 12.6. The first-order chi connectivity index (χ1) is 8.45. The van der Waals surface area contributed by atoms with Gasteiger partial charge >= 0.3 is 0 Å². The quantitative estimate of drug-likeness (QED) is 0.805. The molecule has 0 aromatic heterocycles. The number of amides is 1. The molecule has 0 aliphatic carbocycles. The van der Waals surface area contributed by atoms with E-state index in [0.29, 0.717) is 12.6 Å². The van der Waals surface area contributed by atoms with Gasteiger partial charge in [0.1, 0.15) is 0 Å². The molecular weight excluding hydrogens is 226 g/mol. The largest absolute Gasteiger partial charge is 0.337 e. The van der Waals surface area contributed by atoms with E-state index in [2.05, 4.69) is 37.9 Å². The van der Waals surface area contributed by atoms with Gasteiger partial charge in [0.15, 0.2) is 0 Å². The van der Waals surface area contributed by atoms with Gasteiger partial charge in [-0.25, -0.2) is 0 Å². The molecule has 106 valence electrons. The molecule has 1 saturated heterocycles. The van der Waals surface area contributed by atoms with Gasteiger partial charge in [-0.15, -0.1) is 0 Å². The molecule has 0 atom stereocenters. The minimum Gasteiger partial charge on any atom is -0.337 e. The van der Waals surface area contributed by atoms with Crippen molar-refractivity contribution >= 4 is 5.91 Å². The summed E-state index contributed by atoms with van der Waals surface area (Å²) < 4.78 is 0. The van der Waals surface area contributed by atoms with Crippen molar-refractivity contribution < 1.29 is 4.79 Å². The first-order valence-electron chi connectivity index (χ1n) is 7.16. The standard InChI is InChI=1S/C14H29N3O/c1-11(2)17(12(3)4)14(18)10-16-8-6-13(15-5)7-9-16/h11-13,15H,6-10H2,1-5H3. The van der Waals surface area contributed by atoms with Gasteiger partial charge in [-0.05, 0) is 47.6 Å². The molecule has 1 N–H and O–H groups in total. The topological polar surface area (TPSA) is 35.6 Å². The fourth-order valence-electron chi connectivity index (χ4n) is 2.82. The van der Waals surface area contributed by atoms with E-state index in [-0.39, 0.29) is 18.0 Å². The highest BCUT2D eigenvalue weighted by Gasteiger charge is 2.24. The summed E-state index contributed by atoms with van der Waals surface area (Å²) in [4.78, 5) is 16.6. The average molecular weight is 255 g/mol. The van der Waals surface area contributed by atoms with Crippen LogP contribution in [-0.2, 0) is 4.79 Å². The van der Waals surface area contributed by atoms with Gasteiger partial charge in [0.2, 0.25) is 5.91 Å². The second-order valence-corrected chi connectivity index (χ2v) is 5.83. The Morgan fingerprint density at radius 2 is 1.72 bits per heavy atom. The monoisotopic (exact) mass is 255 g/mol. The number of likely N-dealkylation sites (tertiary alicyclic amines) is 1. The predicted molar refractivity (Wildman–Crippen MR) is 75.6 cm³/mol. The highest BCUT2D eigenvalue weighted by atomic mass is 16.2. The van der Waals surface area contributed by atoms with Crippen LogP contribution in [0.3, 0.4) is 0 Å². The molecule has 0 aromatic carbocycles. The molecule has 1 rings (SSSR count). The minimum atomic E-state index is 0.267. The number of hydrogen-bond acceptors (Lipinski definition) is 3. The maximum absolute atomic E-state index is 12.3. The highest BCUT2D eigenvalue weighted by Crippen LogP contribution is 2.12. The van der Waals surface area contributed by atoms with Crippen molar-refractivity contribution in [3.05, 3.63) is 0 Å². The summed E-state index contributed by atoms with van der Waals surface area (Å²) in [5.41, 5.74) is 0. The molecule has 18 heavy (non-hydrogen) atoms. The van der Waals surface area contributed by atoms with Crippen molar-refractivity contribution in [2.45, 2.75) is 58.7 Å². The number of nitrogens with one attached hydrogen (secondary N) is 1. The van der Waals surface area contributed by atoms with Crippen LogP contribution in [0, 0.1) is 0 Å². The Morgan fingerprint density at radius 3 is 2.11 bits per heavy atom. The molecule has 4 nitrogen and oxygen atoms in total. The molecular formula is C14H29N3O. The van der Waals surface area contributed by atoms with Crippen LogP contribution in [0.1, 0.15) is 40.5 Å². The Bertz CT molecular complexity index is 250. The molecule has 0 bridgehead atoms. The molecule has 0 saturated carbocycles. The van der Waals surface area contributed by atoms with Crippen molar-refractivity contribution in [3.63, 3.8) is 0 Å². The van der Waals surface area contributed by atoms with Gasteiger partial charge in [-0.1, -0.05) is 0 Å². The zero-order chi connectivity index (χ0) is 13.7. The Morgan fingerprint density at radius 1 is 1.22 bits per heavy atom. The molecule has 0 aromatic rings. The van der Waals surface area contributed by atoms with Crippen LogP contribution in [-0.4, -0.2) is 60.5 Å². The van der Waals surface area contributed by atoms with E-state index in [1.165, 1.54) is 0 Å². The molecule has 0 radical (unpaired) electrons. The number of hydrogen-bond donors (Lipinski definition) is 1. The van der Waals surface area contributed by atoms with Crippen LogP contribution in [0.4, 0.5) is 0 Å². The molecule has 1 fully saturated rings. The maximum Gasteiger partial charge on any atom is 0.237 e. The van der Waals surface area contributed by atoms with E-state index in [9.17, 15) is 4.79 Å². The van der Waals surface area contributed by atoms with E-state index >= 15 is 0 Å². The third kappa shape index (κ3) is 4.25. The Hall–Kier alpha value is -0.610. The van der Waals surface area contributed by atoms with E-state index in [1.807, 2.05) is 11.9 Å². The predicted octanol–water partition coefficient (Wildman–Crippen LogP) is 1.32. The summed E-state index contributed by atoms with van der Waals surface area (Å²) >= 11 is 0. The van der Waals surface area contributed by atoms with Crippen LogP contribution < -0.4 is 5.32 Å². The molecule has 1 amide bonds. The summed E-state index contributed by atoms with van der Waals surface area (Å²) in [7, 11) is 2.02. The van der Waals surface area contributed by atoms with Gasteiger partial charge in [-0.2, -0.15) is 0 Å². The van der Waals surface area contributed by atoms with Crippen molar-refractivity contribution in [1.29, 1.82) is 0 Å². The van der Waals surface area contributed by atoms with Crippen LogP contribution in [0.2, 0.25) is 0 Å². The van der Waals surface area contributed by atoms with Gasteiger partial charge in [0.05, 0.1) is 6.54 Å². The first-order valence-corrected chi connectivity index (χ1v) is 7.16. The third-order valence-electron chi connectivity index (χ3n) is 3.76. The zero-order valence-corrected chi connectivity index (χ0v) is 12.6. The third-order valence-corrected chi connectivity index (χ3v) is 3.76. The lowest BCUT2D eigenvalue weighted by Gasteiger charge is -2.35. The van der Waals surface area contributed by atoms with E-state index in [4.69, 9.17) is 0 Å². The van der Waals surface area contributed by atoms with Gasteiger partial charge < -0.3 is 10.2 Å². The fourth-order valence-corrected chi connectivity index (χ4v) is 2.82. The Labute approximate surface area is 112 Å². The van der Waals surface area contributed by atoms with Crippen molar-refractivity contribution in [3.8, 4) is 0 Å². The van der Waals surface area contributed by atoms with Crippen molar-refractivity contribution in [2.75, 3.05) is 26.7 Å². The first kappa shape index (κ1) is 15.4. The van der Waals surface area contributed by atoms with E-state index in [1.54, 1.807) is 0 Å². The summed E-state index contributed by atoms with van der Waals surface area (Å²) in [6.45, 7) is 11.0. The smallest absolute Gasteiger partial charge is 0.237 e. The number of piperidine rings is 1. The van der Waals surface area contributed by atoms with Crippen molar-refractivity contribution in [1.82, 2.24) is 15.1 Å². The summed E-state index contributed by atoms with van der Waals surface area (Å²) in [6.07, 6.45) is 2.29. The molecule has 1 heterocycles. The number of carbonyl (C=O) groups is 1. The number of carbonyl (C=O) groups excluding carboxylic acids is 1. The average Bonchev–Trinajstić information content (AvgIpc) is 2.28. The van der Waals surface area contributed by atoms with Crippen molar-refractivity contribution in [2.24, 2.45) is 0 Å². The lowest BCUT2D eigenvalue weighted by Crippen LogP contribution is -2.49. The summed E-state index contributed by atoms with van der Waals surface area (Å²) in [6, 6.07) is 1.20. The van der Waals surface area contributed by atoms with Crippen LogP contribution in [0.15, 0.2) is 0 Å². The van der Waals surface area contributed by atoms with Gasteiger partial charge in [0.25, 0.3) is 0 Å². The van der Waals surface area contributed by atoms with E-state index in [0.717, 1.165) is 25.9 Å². The molecule has 1 aliphatic rings. The number of nitrogens with zero attached hydrogens (tertiary/aromatic N) is 2. The minimum absolute atomic E-state index is 0.267. The van der Waals surface area contributed by atoms with Gasteiger partial charge in [-0.3, -0.25) is 9.69 Å². The fraction of sp³-hybridized carbons (Fsp3) is 0.929. The lowest BCUT2D eigenvalue weighted by atomic mass is 10.1. The second-order valence-electron chi connectivity index (χ2n) is 5.83. The van der Waals surface area contributed by atoms with Crippen LogP contribution in [0.25, 0.3) is 0 Å². The van der Waals surface area contributed by atoms with Crippen LogP contribution in [0.5, 0.6) is 0 Å². The van der Waals surface area contributed by atoms with Crippen LogP contribution >= 0.6 is 0 Å². The summed E-state index contributed by atoms with van der Waals surface area (Å²) in [5.74, 6) is 0.267. The SMILES string of the molecule is CNC1CCN(CC(=O)N(C(C)C)C(C)C)CC1. The Balaban J connectivity index is 2.44. The summed E-state index contributed by atoms with van der Waals surface area (Å²) in [5, 5.41) is 3.31. The molecule has 4 heteroatoms. The number of rotatable bonds is 5. The molecule has 0 spiro atoms. The Kier molecular flexibility index (Phi) is 6.09. The lowest BCUT2D eigenvalue weighted by molar-refractivity contribution is -0.136. The highest BCUT2D eigenvalue weighted by molar-refractivity contribution is 5.78. The van der Waals surface area contributed by atoms with E-state index < -0.39 is 0 Å². The maximum atomic E-state index is 12.3. The van der Waals surface area contributed by atoms with Gasteiger partial charge in [0, 0.05) is 31.2 Å². The molecule has 0 unspecified atom stereocenters. The normalized spacial score (nSPS) is 18.6. The second kappa shape index (κ2) is 7.10.